The van der Waals surface area contributed by atoms with E-state index in [0.29, 0.717) is 0 Å². The molecule has 3 nitrogen and oxygen atoms in total. The van der Waals surface area contributed by atoms with Crippen LogP contribution in [-0.2, 0) is 16.2 Å². The van der Waals surface area contributed by atoms with Crippen LogP contribution in [-0.4, -0.2) is 6.71 Å². The van der Waals surface area contributed by atoms with Crippen LogP contribution in [0.5, 0.6) is 0 Å². The molecule has 2 aliphatic rings. The molecule has 0 amide bonds. The minimum absolute atomic E-state index is 0.00708. The summed E-state index contributed by atoms with van der Waals surface area (Å²) in [7, 11) is 0. The topological polar surface area (TPSA) is 19.6 Å². The average molecular weight is 699 g/mol. The summed E-state index contributed by atoms with van der Waals surface area (Å²) in [5, 5.41) is 2.51. The van der Waals surface area contributed by atoms with Crippen LogP contribution >= 0.6 is 11.3 Å². The van der Waals surface area contributed by atoms with Gasteiger partial charge in [0.15, 0.2) is 4.90 Å². The summed E-state index contributed by atoms with van der Waals surface area (Å²) in [5.74, 6) is 0.930. The Kier molecular flexibility index (Phi) is 7.09. The number of hydrogen-bond donors (Lipinski definition) is 0. The van der Waals surface area contributed by atoms with Crippen molar-refractivity contribution >= 4 is 89.1 Å². The first-order valence-corrected chi connectivity index (χ1v) is 19.5. The molecule has 0 spiro atoms. The number of nitrogens with zero attached hydrogens (tertiary/aromatic N) is 2. The van der Waals surface area contributed by atoms with E-state index in [4.69, 9.17) is 4.42 Å². The third-order valence-electron chi connectivity index (χ3n) is 11.2. The Labute approximate surface area is 313 Å². The monoisotopic (exact) mass is 698 g/mol. The zero-order valence-electron chi connectivity index (χ0n) is 32.1. The van der Waals surface area contributed by atoms with Gasteiger partial charge in [0.25, 0.3) is 6.71 Å². The molecule has 4 heterocycles. The van der Waals surface area contributed by atoms with Crippen molar-refractivity contribution < 1.29 is 4.42 Å². The summed E-state index contributed by atoms with van der Waals surface area (Å²) in [6, 6.07) is 39.2. The molecule has 0 bridgehead atoms. The van der Waals surface area contributed by atoms with Gasteiger partial charge in [-0.15, -0.1) is 0 Å². The van der Waals surface area contributed by atoms with Crippen LogP contribution in [0.4, 0.5) is 34.3 Å². The molecular weight excluding hydrogens is 651 g/mol. The second kappa shape index (κ2) is 11.1. The Morgan fingerprint density at radius 1 is 0.558 bits per heavy atom. The van der Waals surface area contributed by atoms with Gasteiger partial charge in [0.05, 0.1) is 0 Å². The molecule has 0 aliphatic carbocycles. The van der Waals surface area contributed by atoms with Crippen LogP contribution in [0, 0.1) is 6.92 Å². The first kappa shape index (κ1) is 33.1. The van der Waals surface area contributed by atoms with Gasteiger partial charge in [-0.3, -0.25) is 4.90 Å². The summed E-state index contributed by atoms with van der Waals surface area (Å²) in [5.41, 5.74) is 15.2. The predicted molar refractivity (Wildman–Crippen MR) is 226 cm³/mol. The molecule has 0 saturated carbocycles. The fraction of sp³-hybridized carbons (Fsp3) is 0.277. The standard InChI is InChI=1S/C47H47BN2OS/c1-28-25-37-41-38(26-28)50(33-22-17-30(18-23-33)46(5,6)7)43-42(40-34-13-11-12-14-39(34)52-44(40)51-43)48(41)35-27-31(47(8,9)10)19-24-36(35)49(37)32-20-15-29(16-21-32)45(2,3)4/h11-27H,1-10H3. The normalized spacial score (nSPS) is 14.2. The van der Waals surface area contributed by atoms with Gasteiger partial charge in [0.1, 0.15) is 0 Å². The Morgan fingerprint density at radius 3 is 1.69 bits per heavy atom. The van der Waals surface area contributed by atoms with Crippen molar-refractivity contribution in [3.8, 4) is 0 Å². The molecule has 0 unspecified atom stereocenters. The summed E-state index contributed by atoms with van der Waals surface area (Å²) in [6.45, 7) is 22.9. The van der Waals surface area contributed by atoms with Crippen molar-refractivity contribution in [1.82, 2.24) is 0 Å². The fourth-order valence-corrected chi connectivity index (χ4v) is 9.43. The third-order valence-corrected chi connectivity index (χ3v) is 12.3. The fourth-order valence-electron chi connectivity index (χ4n) is 8.36. The highest BCUT2D eigenvalue weighted by Crippen LogP contribution is 2.49. The summed E-state index contributed by atoms with van der Waals surface area (Å²) >= 11 is 1.76. The van der Waals surface area contributed by atoms with Crippen molar-refractivity contribution in [1.29, 1.82) is 0 Å². The average Bonchev–Trinajstić information content (AvgIpc) is 3.63. The second-order valence-corrected chi connectivity index (χ2v) is 19.0. The summed E-state index contributed by atoms with van der Waals surface area (Å²) in [4.78, 5) is 5.92. The Bertz CT molecular complexity index is 2520. The smallest absolute Gasteiger partial charge is 0.257 e. The highest BCUT2D eigenvalue weighted by atomic mass is 32.1. The van der Waals surface area contributed by atoms with Gasteiger partial charge in [0, 0.05) is 49.4 Å². The van der Waals surface area contributed by atoms with Gasteiger partial charge in [0.2, 0.25) is 5.88 Å². The maximum atomic E-state index is 7.13. The number of fused-ring (bicyclic) bond motifs is 8. The molecule has 0 radical (unpaired) electrons. The molecule has 0 N–H and O–H groups in total. The number of hydrogen-bond acceptors (Lipinski definition) is 4. The molecular formula is C47H47BN2OS. The number of furan rings is 1. The van der Waals surface area contributed by atoms with Crippen molar-refractivity contribution in [3.05, 3.63) is 125 Å². The van der Waals surface area contributed by atoms with Crippen molar-refractivity contribution in [2.45, 2.75) is 85.5 Å². The molecule has 2 aromatic heterocycles. The van der Waals surface area contributed by atoms with Crippen molar-refractivity contribution in [2.24, 2.45) is 0 Å². The Hall–Kier alpha value is -4.74. The summed E-state index contributed by atoms with van der Waals surface area (Å²) in [6.07, 6.45) is 0. The van der Waals surface area contributed by atoms with Gasteiger partial charge < -0.3 is 9.32 Å². The number of aryl methyl sites for hydroxylation is 1. The zero-order chi connectivity index (χ0) is 36.5. The van der Waals surface area contributed by atoms with E-state index < -0.39 is 0 Å². The molecule has 0 atom stereocenters. The minimum Gasteiger partial charge on any atom is -0.430 e. The van der Waals surface area contributed by atoms with Gasteiger partial charge >= 0.3 is 0 Å². The highest BCUT2D eigenvalue weighted by molar-refractivity contribution is 7.25. The molecule has 5 heteroatoms. The molecule has 260 valence electrons. The van der Waals surface area contributed by atoms with Crippen LogP contribution in [0.2, 0.25) is 0 Å². The van der Waals surface area contributed by atoms with E-state index in [2.05, 4.69) is 182 Å². The highest BCUT2D eigenvalue weighted by Gasteiger charge is 2.47. The lowest BCUT2D eigenvalue weighted by Gasteiger charge is -2.43. The molecule has 7 aromatic rings. The Balaban J connectivity index is 1.39. The molecule has 0 saturated heterocycles. The summed E-state index contributed by atoms with van der Waals surface area (Å²) < 4.78 is 8.39. The van der Waals surface area contributed by atoms with E-state index in [1.165, 1.54) is 76.9 Å². The predicted octanol–water partition coefficient (Wildman–Crippen LogP) is 11.9. The minimum atomic E-state index is -0.0102. The van der Waals surface area contributed by atoms with E-state index in [1.54, 1.807) is 11.3 Å². The molecule has 9 rings (SSSR count). The molecule has 5 aromatic carbocycles. The molecule has 2 aliphatic heterocycles. The van der Waals surface area contributed by atoms with E-state index in [-0.39, 0.29) is 23.0 Å². The van der Waals surface area contributed by atoms with Crippen LogP contribution in [0.25, 0.3) is 20.4 Å². The van der Waals surface area contributed by atoms with Crippen molar-refractivity contribution in [3.63, 3.8) is 0 Å². The van der Waals surface area contributed by atoms with Gasteiger partial charge in [-0.05, 0) is 105 Å². The maximum absolute atomic E-state index is 7.13. The van der Waals surface area contributed by atoms with E-state index in [9.17, 15) is 0 Å². The SMILES string of the molecule is Cc1cc2c3c(c1)N(c1ccc(C(C)(C)C)cc1)c1oc4sc5ccccc5c4c1B3c1cc(C(C)(C)C)ccc1N2c1ccc(C(C)(C)C)cc1. The van der Waals surface area contributed by atoms with E-state index >= 15 is 0 Å². The second-order valence-electron chi connectivity index (χ2n) is 18.0. The largest absolute Gasteiger partial charge is 0.430 e. The third kappa shape index (κ3) is 4.99. The van der Waals surface area contributed by atoms with Crippen LogP contribution in [0.15, 0.2) is 108 Å². The number of thiophene rings is 1. The lowest BCUT2D eigenvalue weighted by Crippen LogP contribution is -2.61. The van der Waals surface area contributed by atoms with Crippen LogP contribution < -0.4 is 26.2 Å². The van der Waals surface area contributed by atoms with Crippen LogP contribution in [0.1, 0.15) is 84.6 Å². The Morgan fingerprint density at radius 2 is 1.10 bits per heavy atom. The van der Waals surface area contributed by atoms with E-state index in [1.807, 2.05) is 0 Å². The van der Waals surface area contributed by atoms with E-state index in [0.717, 1.165) is 16.5 Å². The van der Waals surface area contributed by atoms with Crippen LogP contribution in [0.3, 0.4) is 0 Å². The first-order chi connectivity index (χ1) is 24.6. The van der Waals surface area contributed by atoms with Crippen molar-refractivity contribution in [2.75, 3.05) is 9.80 Å². The number of rotatable bonds is 2. The first-order valence-electron chi connectivity index (χ1n) is 18.6. The van der Waals surface area contributed by atoms with Gasteiger partial charge in [-0.25, -0.2) is 0 Å². The lowest BCUT2D eigenvalue weighted by atomic mass is 9.33. The number of benzene rings is 5. The van der Waals surface area contributed by atoms with Gasteiger partial charge in [-0.1, -0.05) is 128 Å². The quantitative estimate of drug-likeness (QED) is 0.168. The lowest BCUT2D eigenvalue weighted by molar-refractivity contribution is 0.590. The molecule has 52 heavy (non-hydrogen) atoms. The molecule has 0 fully saturated rings. The zero-order valence-corrected chi connectivity index (χ0v) is 32.9. The number of anilines is 6. The van der Waals surface area contributed by atoms with Gasteiger partial charge in [-0.2, -0.15) is 0 Å². The maximum Gasteiger partial charge on any atom is 0.257 e.